The number of thiocarbonyl (C=S) groups is 1. The molecule has 0 atom stereocenters. The Hall–Kier alpha value is -3.66. The number of rotatable bonds is 8. The van der Waals surface area contributed by atoms with Gasteiger partial charge >= 0.3 is 0 Å². The van der Waals surface area contributed by atoms with Crippen LogP contribution in [0.15, 0.2) is 54.6 Å². The van der Waals surface area contributed by atoms with Gasteiger partial charge < -0.3 is 14.8 Å². The third-order valence-corrected chi connectivity index (χ3v) is 3.84. The predicted molar refractivity (Wildman–Crippen MR) is 115 cm³/mol. The smallest absolute Gasteiger partial charge is 0.264 e. The number of hydrogen-bond acceptors (Lipinski definition) is 6. The molecule has 0 radical (unpaired) electrons. The number of anilines is 1. The van der Waals surface area contributed by atoms with Gasteiger partial charge in [-0.15, -0.1) is 0 Å². The van der Waals surface area contributed by atoms with Crippen molar-refractivity contribution in [3.05, 3.63) is 54.6 Å². The molecule has 2 rings (SSSR count). The van der Waals surface area contributed by atoms with E-state index in [4.69, 9.17) is 21.7 Å². The topological polar surface area (TPSA) is 118 Å². The van der Waals surface area contributed by atoms with Crippen molar-refractivity contribution in [2.75, 3.05) is 19.0 Å². The Kier molecular flexibility index (Phi) is 9.07. The largest absolute Gasteiger partial charge is 0.497 e. The zero-order valence-corrected chi connectivity index (χ0v) is 17.1. The molecule has 10 heteroatoms. The zero-order valence-electron chi connectivity index (χ0n) is 16.3. The van der Waals surface area contributed by atoms with E-state index in [2.05, 4.69) is 21.5 Å². The van der Waals surface area contributed by atoms with Gasteiger partial charge in [-0.25, -0.2) is 0 Å². The summed E-state index contributed by atoms with van der Waals surface area (Å²) in [6.07, 6.45) is -0.0555. The van der Waals surface area contributed by atoms with Crippen LogP contribution in [0.1, 0.15) is 12.8 Å². The molecule has 3 amide bonds. The summed E-state index contributed by atoms with van der Waals surface area (Å²) in [6, 6.07) is 15.7. The van der Waals surface area contributed by atoms with Crippen molar-refractivity contribution in [3.8, 4) is 11.5 Å². The number of hydrazine groups is 1. The minimum Gasteiger partial charge on any atom is -0.497 e. The highest BCUT2D eigenvalue weighted by Crippen LogP contribution is 2.16. The van der Waals surface area contributed by atoms with Gasteiger partial charge in [-0.2, -0.15) is 0 Å². The van der Waals surface area contributed by atoms with Crippen LogP contribution in [0.3, 0.4) is 0 Å². The molecular formula is C20H22N4O5S. The SMILES string of the molecule is COc1ccc(OCC(=O)NC(=S)NNC(=O)CCC(=O)Nc2ccccc2)cc1. The number of carbonyl (C=O) groups excluding carboxylic acids is 3. The molecule has 9 nitrogen and oxygen atoms in total. The number of nitrogens with one attached hydrogen (secondary N) is 4. The maximum Gasteiger partial charge on any atom is 0.264 e. The van der Waals surface area contributed by atoms with Crippen molar-refractivity contribution in [1.82, 2.24) is 16.2 Å². The summed E-state index contributed by atoms with van der Waals surface area (Å²) in [5, 5.41) is 4.95. The number of ether oxygens (including phenoxy) is 2. The summed E-state index contributed by atoms with van der Waals surface area (Å²) in [7, 11) is 1.55. The van der Waals surface area contributed by atoms with Crippen LogP contribution in [-0.2, 0) is 14.4 Å². The molecule has 4 N–H and O–H groups in total. The molecule has 0 aliphatic carbocycles. The monoisotopic (exact) mass is 430 g/mol. The Morgan fingerprint density at radius 3 is 2.13 bits per heavy atom. The lowest BCUT2D eigenvalue weighted by atomic mass is 10.2. The molecule has 30 heavy (non-hydrogen) atoms. The summed E-state index contributed by atoms with van der Waals surface area (Å²) in [5.74, 6) is -0.0793. The molecule has 0 bridgehead atoms. The van der Waals surface area contributed by atoms with Crippen LogP contribution in [0.5, 0.6) is 11.5 Å². The van der Waals surface area contributed by atoms with E-state index >= 15 is 0 Å². The van der Waals surface area contributed by atoms with Crippen molar-refractivity contribution in [3.63, 3.8) is 0 Å². The number of hydrogen-bond donors (Lipinski definition) is 4. The lowest BCUT2D eigenvalue weighted by molar-refractivity contribution is -0.125. The number of amides is 3. The van der Waals surface area contributed by atoms with Gasteiger partial charge in [-0.05, 0) is 48.6 Å². The quantitative estimate of drug-likeness (QED) is 0.370. The lowest BCUT2D eigenvalue weighted by Gasteiger charge is -2.11. The van der Waals surface area contributed by atoms with Crippen LogP contribution >= 0.6 is 12.2 Å². The molecule has 0 saturated heterocycles. The average molecular weight is 430 g/mol. The van der Waals surface area contributed by atoms with Crippen LogP contribution in [0, 0.1) is 0 Å². The van der Waals surface area contributed by atoms with E-state index in [0.717, 1.165) is 0 Å². The highest BCUT2D eigenvalue weighted by atomic mass is 32.1. The van der Waals surface area contributed by atoms with Crippen molar-refractivity contribution >= 4 is 40.7 Å². The fraction of sp³-hybridized carbons (Fsp3) is 0.200. The molecule has 0 aliphatic heterocycles. The second kappa shape index (κ2) is 12.0. The Morgan fingerprint density at radius 2 is 1.47 bits per heavy atom. The molecule has 2 aromatic carbocycles. The van der Waals surface area contributed by atoms with Gasteiger partial charge in [0.05, 0.1) is 7.11 Å². The molecule has 0 saturated carbocycles. The first-order chi connectivity index (χ1) is 14.5. The second-order valence-corrected chi connectivity index (χ2v) is 6.34. The molecule has 0 aliphatic rings. The van der Waals surface area contributed by atoms with Gasteiger partial charge in [0.25, 0.3) is 5.91 Å². The summed E-state index contributed by atoms with van der Waals surface area (Å²) >= 11 is 4.93. The van der Waals surface area contributed by atoms with Gasteiger partial charge in [0, 0.05) is 18.5 Å². The van der Waals surface area contributed by atoms with Crippen LogP contribution in [-0.4, -0.2) is 36.6 Å². The molecule has 158 valence electrons. The molecule has 0 aromatic heterocycles. The number of benzene rings is 2. The molecule has 0 fully saturated rings. The maximum atomic E-state index is 11.8. The first kappa shape index (κ1) is 22.6. The standard InChI is InChI=1S/C20H22N4O5S/c1-28-15-7-9-16(10-8-15)29-13-19(27)22-20(30)24-23-18(26)12-11-17(25)21-14-5-3-2-4-6-14/h2-10H,11-13H2,1H3,(H,21,25)(H,23,26)(H2,22,24,27,30). The molecule has 0 unspecified atom stereocenters. The molecule has 2 aromatic rings. The van der Waals surface area contributed by atoms with E-state index in [0.29, 0.717) is 17.2 Å². The third kappa shape index (κ3) is 8.57. The predicted octanol–water partition coefficient (Wildman–Crippen LogP) is 1.51. The van der Waals surface area contributed by atoms with E-state index in [1.165, 1.54) is 0 Å². The van der Waals surface area contributed by atoms with E-state index in [9.17, 15) is 14.4 Å². The van der Waals surface area contributed by atoms with Gasteiger partial charge in [0.1, 0.15) is 11.5 Å². The minimum absolute atomic E-state index is 0.00275. The lowest BCUT2D eigenvalue weighted by Crippen LogP contribution is -2.49. The highest BCUT2D eigenvalue weighted by molar-refractivity contribution is 7.80. The van der Waals surface area contributed by atoms with Crippen LogP contribution in [0.4, 0.5) is 5.69 Å². The summed E-state index contributed by atoms with van der Waals surface area (Å²) in [4.78, 5) is 35.4. The average Bonchev–Trinajstić information content (AvgIpc) is 2.76. The van der Waals surface area contributed by atoms with E-state index in [-0.39, 0.29) is 30.5 Å². The van der Waals surface area contributed by atoms with Crippen LogP contribution in [0.25, 0.3) is 0 Å². The second-order valence-electron chi connectivity index (χ2n) is 5.93. The van der Waals surface area contributed by atoms with E-state index < -0.39 is 11.8 Å². The van der Waals surface area contributed by atoms with Crippen molar-refractivity contribution < 1.29 is 23.9 Å². The van der Waals surface area contributed by atoms with Crippen molar-refractivity contribution in [2.24, 2.45) is 0 Å². The number of para-hydroxylation sites is 1. The van der Waals surface area contributed by atoms with Gasteiger partial charge in [0.15, 0.2) is 11.7 Å². The Bertz CT molecular complexity index is 875. The van der Waals surface area contributed by atoms with E-state index in [1.54, 1.807) is 55.6 Å². The highest BCUT2D eigenvalue weighted by Gasteiger charge is 2.09. The molecule has 0 heterocycles. The Balaban J connectivity index is 1.60. The first-order valence-electron chi connectivity index (χ1n) is 8.96. The van der Waals surface area contributed by atoms with E-state index in [1.807, 2.05) is 6.07 Å². The number of methoxy groups -OCH3 is 1. The Labute approximate surface area is 179 Å². The summed E-state index contributed by atoms with van der Waals surface area (Å²) in [5.41, 5.74) is 5.36. The first-order valence-corrected chi connectivity index (χ1v) is 9.37. The summed E-state index contributed by atoms with van der Waals surface area (Å²) < 4.78 is 10.4. The zero-order chi connectivity index (χ0) is 21.8. The van der Waals surface area contributed by atoms with Crippen molar-refractivity contribution in [1.29, 1.82) is 0 Å². The van der Waals surface area contributed by atoms with Gasteiger partial charge in [-0.1, -0.05) is 18.2 Å². The minimum atomic E-state index is -0.500. The Morgan fingerprint density at radius 1 is 0.833 bits per heavy atom. The van der Waals surface area contributed by atoms with Gasteiger partial charge in [-0.3, -0.25) is 30.6 Å². The fourth-order valence-electron chi connectivity index (χ4n) is 2.18. The third-order valence-electron chi connectivity index (χ3n) is 3.63. The maximum absolute atomic E-state index is 11.8. The number of carbonyl (C=O) groups is 3. The molecule has 0 spiro atoms. The fourth-order valence-corrected chi connectivity index (χ4v) is 2.34. The van der Waals surface area contributed by atoms with Crippen molar-refractivity contribution in [2.45, 2.75) is 12.8 Å². The normalized spacial score (nSPS) is 9.77. The van der Waals surface area contributed by atoms with Gasteiger partial charge in [0.2, 0.25) is 11.8 Å². The summed E-state index contributed by atoms with van der Waals surface area (Å²) in [6.45, 7) is -0.262. The van der Waals surface area contributed by atoms with Crippen LogP contribution in [0.2, 0.25) is 0 Å². The van der Waals surface area contributed by atoms with Crippen LogP contribution < -0.4 is 31.0 Å². The molecular weight excluding hydrogens is 408 g/mol.